The summed E-state index contributed by atoms with van der Waals surface area (Å²) in [4.78, 5) is 54.1. The molecule has 0 aliphatic heterocycles. The van der Waals surface area contributed by atoms with E-state index in [0.717, 1.165) is 0 Å². The molecule has 0 saturated carbocycles. The maximum atomic E-state index is 13.3. The molecule has 3 N–H and O–H groups in total. The molecule has 0 aromatic heterocycles. The standard InChI is InChI=1S/C38H43F2N3O8/c1-7-49-34(45)20-26(21-35(46)51-38(3,4)5)24-9-8-10-29(18-24)42-33(44)17-23(2)30-19-25(11-16-31(30)50-22-32(39)40)36(37(47)48)43-28-14-12-27(41-6)13-15-28/h8-16,18-19,23,26,32,36,43H,7,17,20-22H2,1-5H3,(H,42,44)(H,47,48)/t23-,26+,36?/m1/s1. The third-order valence-electron chi connectivity index (χ3n) is 7.50. The maximum Gasteiger partial charge on any atom is 0.330 e. The van der Waals surface area contributed by atoms with Crippen molar-refractivity contribution in [1.82, 2.24) is 0 Å². The second-order valence-electron chi connectivity index (χ2n) is 12.8. The van der Waals surface area contributed by atoms with Crippen molar-refractivity contribution in [3.8, 4) is 5.75 Å². The highest BCUT2D eigenvalue weighted by molar-refractivity contribution is 5.91. The first-order valence-corrected chi connectivity index (χ1v) is 16.4. The van der Waals surface area contributed by atoms with Crippen LogP contribution in [0.2, 0.25) is 0 Å². The van der Waals surface area contributed by atoms with Crippen molar-refractivity contribution in [2.24, 2.45) is 0 Å². The zero-order valence-corrected chi connectivity index (χ0v) is 29.2. The van der Waals surface area contributed by atoms with Gasteiger partial charge in [-0.25, -0.2) is 18.4 Å². The van der Waals surface area contributed by atoms with Crippen LogP contribution in [0.25, 0.3) is 4.85 Å². The van der Waals surface area contributed by atoms with Crippen LogP contribution in [-0.2, 0) is 28.7 Å². The number of carbonyl (C=O) groups is 4. The highest BCUT2D eigenvalue weighted by Crippen LogP contribution is 2.34. The first-order valence-electron chi connectivity index (χ1n) is 16.4. The summed E-state index contributed by atoms with van der Waals surface area (Å²) in [6.45, 7) is 15.0. The molecule has 1 amide bonds. The minimum Gasteiger partial charge on any atom is -0.487 e. The Labute approximate surface area is 296 Å². The van der Waals surface area contributed by atoms with Crippen LogP contribution in [0.4, 0.5) is 25.8 Å². The SMILES string of the molecule is [C-]#[N+]c1ccc(NC(C(=O)O)c2ccc(OCC(F)F)c([C@H](C)CC(=O)Nc3cccc([C@@H](CC(=O)OCC)CC(=O)OC(C)(C)C)c3)c2)cc1. The Hall–Kier alpha value is -5.51. The van der Waals surface area contributed by atoms with Crippen molar-refractivity contribution < 1.29 is 47.3 Å². The number of ether oxygens (including phenoxy) is 3. The minimum atomic E-state index is -2.77. The summed E-state index contributed by atoms with van der Waals surface area (Å²) in [5, 5.41) is 15.8. The van der Waals surface area contributed by atoms with Crippen LogP contribution >= 0.6 is 0 Å². The van der Waals surface area contributed by atoms with Crippen molar-refractivity contribution in [3.63, 3.8) is 0 Å². The minimum absolute atomic E-state index is 0.0795. The van der Waals surface area contributed by atoms with Crippen LogP contribution in [0.3, 0.4) is 0 Å². The van der Waals surface area contributed by atoms with Gasteiger partial charge in [0.25, 0.3) is 6.43 Å². The normalized spacial score (nSPS) is 12.9. The van der Waals surface area contributed by atoms with E-state index in [0.29, 0.717) is 28.2 Å². The van der Waals surface area contributed by atoms with E-state index in [2.05, 4.69) is 15.5 Å². The van der Waals surface area contributed by atoms with Gasteiger partial charge in [-0.1, -0.05) is 37.3 Å². The highest BCUT2D eigenvalue weighted by Gasteiger charge is 2.26. The number of aliphatic carboxylic acids is 1. The Morgan fingerprint density at radius 3 is 2.20 bits per heavy atom. The number of carboxylic acid groups (broad SMARTS) is 1. The summed E-state index contributed by atoms with van der Waals surface area (Å²) in [7, 11) is 0. The number of hydrogen-bond acceptors (Lipinski definition) is 8. The average Bonchev–Trinajstić information content (AvgIpc) is 3.05. The van der Waals surface area contributed by atoms with Crippen LogP contribution in [0.1, 0.15) is 88.4 Å². The number of anilines is 2. The lowest BCUT2D eigenvalue weighted by molar-refractivity contribution is -0.155. The molecular formula is C38H43F2N3O8. The number of esters is 2. The fourth-order valence-electron chi connectivity index (χ4n) is 5.29. The topological polar surface area (TPSA) is 145 Å². The second kappa shape index (κ2) is 18.5. The van der Waals surface area contributed by atoms with Crippen molar-refractivity contribution in [2.45, 2.75) is 83.8 Å². The van der Waals surface area contributed by atoms with Gasteiger partial charge < -0.3 is 30.0 Å². The molecule has 3 atom stereocenters. The first kappa shape index (κ1) is 39.9. The molecular weight excluding hydrogens is 664 g/mol. The predicted molar refractivity (Wildman–Crippen MR) is 187 cm³/mol. The van der Waals surface area contributed by atoms with E-state index < -0.39 is 60.3 Å². The highest BCUT2D eigenvalue weighted by atomic mass is 19.3. The number of rotatable bonds is 17. The fourth-order valence-corrected chi connectivity index (χ4v) is 5.29. The van der Waals surface area contributed by atoms with Crippen molar-refractivity contribution in [3.05, 3.63) is 94.8 Å². The van der Waals surface area contributed by atoms with Gasteiger partial charge in [-0.15, -0.1) is 0 Å². The zero-order valence-electron chi connectivity index (χ0n) is 29.2. The Balaban J connectivity index is 1.84. The van der Waals surface area contributed by atoms with Crippen LogP contribution < -0.4 is 15.4 Å². The molecule has 0 bridgehead atoms. The van der Waals surface area contributed by atoms with E-state index in [1.807, 2.05) is 0 Å². The quantitative estimate of drug-likeness (QED) is 0.0938. The molecule has 0 aliphatic rings. The number of halogens is 2. The second-order valence-corrected chi connectivity index (χ2v) is 12.8. The third-order valence-corrected chi connectivity index (χ3v) is 7.50. The number of nitrogens with one attached hydrogen (secondary N) is 2. The summed E-state index contributed by atoms with van der Waals surface area (Å²) in [6, 6.07) is 16.0. The van der Waals surface area contributed by atoms with E-state index in [9.17, 15) is 33.1 Å². The number of carbonyl (C=O) groups excluding carboxylic acids is 3. The van der Waals surface area contributed by atoms with Crippen LogP contribution in [0.15, 0.2) is 66.7 Å². The Morgan fingerprint density at radius 2 is 1.59 bits per heavy atom. The molecule has 51 heavy (non-hydrogen) atoms. The van der Waals surface area contributed by atoms with Crippen LogP contribution in [0, 0.1) is 6.57 Å². The van der Waals surface area contributed by atoms with E-state index in [4.69, 9.17) is 20.8 Å². The van der Waals surface area contributed by atoms with Crippen molar-refractivity contribution in [1.29, 1.82) is 0 Å². The number of nitrogens with zero attached hydrogens (tertiary/aromatic N) is 1. The van der Waals surface area contributed by atoms with Gasteiger partial charge in [-0.05, 0) is 86.7 Å². The molecule has 0 aliphatic carbocycles. The summed E-state index contributed by atoms with van der Waals surface area (Å²) < 4.78 is 42.2. The molecule has 0 spiro atoms. The summed E-state index contributed by atoms with van der Waals surface area (Å²) >= 11 is 0. The summed E-state index contributed by atoms with van der Waals surface area (Å²) in [6.07, 6.45) is -3.08. The average molecular weight is 708 g/mol. The molecule has 1 unspecified atom stereocenters. The Kier molecular flexibility index (Phi) is 14.5. The maximum absolute atomic E-state index is 13.3. The van der Waals surface area contributed by atoms with E-state index in [-0.39, 0.29) is 37.2 Å². The molecule has 0 radical (unpaired) electrons. The first-order chi connectivity index (χ1) is 24.1. The Bertz CT molecular complexity index is 1720. The zero-order chi connectivity index (χ0) is 37.7. The number of carboxylic acids is 1. The van der Waals surface area contributed by atoms with Gasteiger partial charge >= 0.3 is 17.9 Å². The smallest absolute Gasteiger partial charge is 0.330 e. The van der Waals surface area contributed by atoms with Crippen molar-refractivity contribution in [2.75, 3.05) is 23.8 Å². The van der Waals surface area contributed by atoms with E-state index in [1.54, 1.807) is 83.1 Å². The molecule has 272 valence electrons. The Morgan fingerprint density at radius 1 is 0.902 bits per heavy atom. The third kappa shape index (κ3) is 13.0. The molecule has 0 saturated heterocycles. The van der Waals surface area contributed by atoms with Gasteiger partial charge in [0, 0.05) is 23.7 Å². The van der Waals surface area contributed by atoms with Crippen LogP contribution in [-0.4, -0.2) is 54.2 Å². The van der Waals surface area contributed by atoms with Gasteiger partial charge in [0.05, 0.1) is 26.0 Å². The van der Waals surface area contributed by atoms with E-state index >= 15 is 0 Å². The van der Waals surface area contributed by atoms with Gasteiger partial charge in [0.2, 0.25) is 5.91 Å². The fraction of sp³-hybridized carbons (Fsp3) is 0.395. The molecule has 3 aromatic rings. The van der Waals surface area contributed by atoms with Gasteiger partial charge in [-0.3, -0.25) is 14.4 Å². The molecule has 0 fully saturated rings. The number of amides is 1. The monoisotopic (exact) mass is 707 g/mol. The lowest BCUT2D eigenvalue weighted by Gasteiger charge is -2.23. The van der Waals surface area contributed by atoms with E-state index in [1.165, 1.54) is 18.2 Å². The number of benzene rings is 3. The lowest BCUT2D eigenvalue weighted by atomic mass is 9.91. The molecule has 11 nitrogen and oxygen atoms in total. The summed E-state index contributed by atoms with van der Waals surface area (Å²) in [5.41, 5.74) is 1.73. The molecule has 0 heterocycles. The number of alkyl halides is 2. The molecule has 3 aromatic carbocycles. The predicted octanol–water partition coefficient (Wildman–Crippen LogP) is 8.02. The molecule has 13 heteroatoms. The number of hydrogen-bond donors (Lipinski definition) is 3. The molecule has 3 rings (SSSR count). The van der Waals surface area contributed by atoms with Gasteiger partial charge in [0.1, 0.15) is 18.0 Å². The van der Waals surface area contributed by atoms with Crippen LogP contribution in [0.5, 0.6) is 5.75 Å². The largest absolute Gasteiger partial charge is 0.487 e. The summed E-state index contributed by atoms with van der Waals surface area (Å²) in [5.74, 6) is -3.76. The van der Waals surface area contributed by atoms with Gasteiger partial charge in [-0.2, -0.15) is 0 Å². The van der Waals surface area contributed by atoms with Gasteiger partial charge in [0.15, 0.2) is 11.7 Å². The lowest BCUT2D eigenvalue weighted by Crippen LogP contribution is -2.25. The van der Waals surface area contributed by atoms with Crippen molar-refractivity contribution >= 4 is 40.9 Å².